The molecule has 2 aromatic rings. The van der Waals surface area contributed by atoms with E-state index in [9.17, 15) is 9.59 Å². The molecular formula is C20H28N4O3S. The highest BCUT2D eigenvalue weighted by Crippen LogP contribution is 2.24. The van der Waals surface area contributed by atoms with Gasteiger partial charge in [-0.15, -0.1) is 0 Å². The van der Waals surface area contributed by atoms with Gasteiger partial charge in [-0.2, -0.15) is 0 Å². The van der Waals surface area contributed by atoms with Gasteiger partial charge in [-0.25, -0.2) is 4.98 Å². The third-order valence-corrected chi connectivity index (χ3v) is 6.18. The van der Waals surface area contributed by atoms with Crippen LogP contribution in [0.25, 0.3) is 10.9 Å². The Kier molecular flexibility index (Phi) is 7.09. The van der Waals surface area contributed by atoms with Gasteiger partial charge in [0.2, 0.25) is 5.91 Å². The Hall–Kier alpha value is -1.90. The van der Waals surface area contributed by atoms with Crippen molar-refractivity contribution in [3.63, 3.8) is 0 Å². The molecule has 28 heavy (non-hydrogen) atoms. The van der Waals surface area contributed by atoms with Crippen molar-refractivity contribution < 1.29 is 9.53 Å². The summed E-state index contributed by atoms with van der Waals surface area (Å²) in [4.78, 5) is 34.8. The van der Waals surface area contributed by atoms with Crippen LogP contribution in [-0.4, -0.2) is 76.9 Å². The first-order valence-corrected chi connectivity index (χ1v) is 10.6. The number of amides is 1. The smallest absolute Gasteiger partial charge is 0.262 e. The van der Waals surface area contributed by atoms with Crippen molar-refractivity contribution in [2.75, 3.05) is 46.4 Å². The third kappa shape index (κ3) is 4.56. The van der Waals surface area contributed by atoms with Crippen LogP contribution in [0.2, 0.25) is 0 Å². The number of carbonyl (C=O) groups is 1. The molecule has 8 heteroatoms. The van der Waals surface area contributed by atoms with Crippen LogP contribution in [0.3, 0.4) is 0 Å². The fourth-order valence-electron chi connectivity index (χ4n) is 3.37. The SMILES string of the molecule is CCN1CCN(C(=O)[C@H](C)Sc2nc3ccccc3c(=O)n2CCOC)CC1. The van der Waals surface area contributed by atoms with Crippen molar-refractivity contribution in [2.24, 2.45) is 0 Å². The van der Waals surface area contributed by atoms with Crippen molar-refractivity contribution in [1.29, 1.82) is 0 Å². The van der Waals surface area contributed by atoms with Crippen LogP contribution in [0.1, 0.15) is 13.8 Å². The van der Waals surface area contributed by atoms with E-state index < -0.39 is 0 Å². The van der Waals surface area contributed by atoms with Gasteiger partial charge in [0.15, 0.2) is 5.16 Å². The lowest BCUT2D eigenvalue weighted by molar-refractivity contribution is -0.132. The summed E-state index contributed by atoms with van der Waals surface area (Å²) >= 11 is 1.35. The van der Waals surface area contributed by atoms with Crippen molar-refractivity contribution in [1.82, 2.24) is 19.4 Å². The van der Waals surface area contributed by atoms with Gasteiger partial charge in [0, 0.05) is 33.3 Å². The van der Waals surface area contributed by atoms with Gasteiger partial charge < -0.3 is 14.5 Å². The summed E-state index contributed by atoms with van der Waals surface area (Å²) in [7, 11) is 1.61. The Bertz CT molecular complexity index is 877. The van der Waals surface area contributed by atoms with Gasteiger partial charge in [0.25, 0.3) is 5.56 Å². The zero-order valence-corrected chi connectivity index (χ0v) is 17.6. The molecule has 2 heterocycles. The number of para-hydroxylation sites is 1. The Morgan fingerprint density at radius 2 is 1.96 bits per heavy atom. The fraction of sp³-hybridized carbons (Fsp3) is 0.550. The lowest BCUT2D eigenvalue weighted by Gasteiger charge is -2.35. The van der Waals surface area contributed by atoms with Crippen molar-refractivity contribution in [3.05, 3.63) is 34.6 Å². The molecule has 1 saturated heterocycles. The number of nitrogens with zero attached hydrogens (tertiary/aromatic N) is 4. The molecule has 1 atom stereocenters. The molecule has 1 fully saturated rings. The molecule has 0 spiro atoms. The van der Waals surface area contributed by atoms with Crippen LogP contribution in [0.15, 0.2) is 34.2 Å². The number of thioether (sulfide) groups is 1. The molecule has 0 radical (unpaired) electrons. The van der Waals surface area contributed by atoms with Gasteiger partial charge in [-0.1, -0.05) is 30.8 Å². The molecule has 0 aliphatic carbocycles. The normalized spacial score (nSPS) is 16.5. The maximum absolute atomic E-state index is 12.9. The van der Waals surface area contributed by atoms with Crippen LogP contribution in [0.4, 0.5) is 0 Å². The first-order chi connectivity index (χ1) is 13.5. The van der Waals surface area contributed by atoms with Crippen LogP contribution >= 0.6 is 11.8 Å². The second-order valence-corrected chi connectivity index (χ2v) is 8.19. The van der Waals surface area contributed by atoms with Gasteiger partial charge in [-0.05, 0) is 25.6 Å². The molecule has 1 aliphatic heterocycles. The minimum atomic E-state index is -0.310. The summed E-state index contributed by atoms with van der Waals surface area (Å²) in [6.45, 7) is 9.18. The van der Waals surface area contributed by atoms with E-state index >= 15 is 0 Å². The molecule has 1 aromatic heterocycles. The van der Waals surface area contributed by atoms with Crippen LogP contribution in [-0.2, 0) is 16.1 Å². The monoisotopic (exact) mass is 404 g/mol. The second-order valence-electron chi connectivity index (χ2n) is 6.88. The van der Waals surface area contributed by atoms with E-state index in [4.69, 9.17) is 4.74 Å². The van der Waals surface area contributed by atoms with E-state index in [1.54, 1.807) is 17.7 Å². The summed E-state index contributed by atoms with van der Waals surface area (Å²) in [5.74, 6) is 0.0986. The predicted molar refractivity (Wildman–Crippen MR) is 112 cm³/mol. The Morgan fingerprint density at radius 1 is 1.25 bits per heavy atom. The zero-order chi connectivity index (χ0) is 20.1. The highest BCUT2D eigenvalue weighted by Gasteiger charge is 2.26. The van der Waals surface area contributed by atoms with Crippen molar-refractivity contribution in [2.45, 2.75) is 30.8 Å². The number of carbonyl (C=O) groups excluding carboxylic acids is 1. The Labute approximate surface area is 169 Å². The van der Waals surface area contributed by atoms with E-state index in [0.717, 1.165) is 32.7 Å². The lowest BCUT2D eigenvalue weighted by Crippen LogP contribution is -2.50. The summed E-state index contributed by atoms with van der Waals surface area (Å²) < 4.78 is 6.78. The number of aromatic nitrogens is 2. The number of hydrogen-bond donors (Lipinski definition) is 0. The fourth-order valence-corrected chi connectivity index (χ4v) is 4.39. The molecule has 1 aliphatic rings. The molecule has 0 unspecified atom stereocenters. The van der Waals surface area contributed by atoms with Crippen LogP contribution in [0.5, 0.6) is 0 Å². The standard InChI is InChI=1S/C20H28N4O3S/c1-4-22-9-11-23(12-10-22)18(25)15(2)28-20-21-17-8-6-5-7-16(17)19(26)24(20)13-14-27-3/h5-8,15H,4,9-14H2,1-3H3/t15-/m0/s1. The average molecular weight is 405 g/mol. The molecule has 1 aromatic carbocycles. The van der Waals surface area contributed by atoms with E-state index in [2.05, 4.69) is 16.8 Å². The van der Waals surface area contributed by atoms with Crippen LogP contribution in [0, 0.1) is 0 Å². The van der Waals surface area contributed by atoms with Gasteiger partial charge >= 0.3 is 0 Å². The predicted octanol–water partition coefficient (Wildman–Crippen LogP) is 1.69. The van der Waals surface area contributed by atoms with E-state index in [0.29, 0.717) is 29.2 Å². The number of rotatable bonds is 7. The number of hydrogen-bond acceptors (Lipinski definition) is 6. The summed E-state index contributed by atoms with van der Waals surface area (Å²) in [6, 6.07) is 7.31. The van der Waals surface area contributed by atoms with Crippen molar-refractivity contribution >= 4 is 28.6 Å². The Morgan fingerprint density at radius 3 is 2.64 bits per heavy atom. The number of piperazine rings is 1. The van der Waals surface area contributed by atoms with Gasteiger partial charge in [-0.3, -0.25) is 14.2 Å². The number of fused-ring (bicyclic) bond motifs is 1. The molecular weight excluding hydrogens is 376 g/mol. The second kappa shape index (κ2) is 9.54. The van der Waals surface area contributed by atoms with E-state index in [-0.39, 0.29) is 16.7 Å². The number of likely N-dealkylation sites (N-methyl/N-ethyl adjacent to an activating group) is 1. The molecule has 0 N–H and O–H groups in total. The molecule has 0 saturated carbocycles. The summed E-state index contributed by atoms with van der Waals surface area (Å²) in [5, 5.41) is 0.835. The highest BCUT2D eigenvalue weighted by atomic mass is 32.2. The summed E-state index contributed by atoms with van der Waals surface area (Å²) in [6.07, 6.45) is 0. The van der Waals surface area contributed by atoms with E-state index in [1.165, 1.54) is 11.8 Å². The van der Waals surface area contributed by atoms with E-state index in [1.807, 2.05) is 30.0 Å². The minimum absolute atomic E-state index is 0.0960. The number of benzene rings is 1. The zero-order valence-electron chi connectivity index (χ0n) is 16.8. The topological polar surface area (TPSA) is 67.7 Å². The number of methoxy groups -OCH3 is 1. The quantitative estimate of drug-likeness (QED) is 0.517. The van der Waals surface area contributed by atoms with Crippen molar-refractivity contribution in [3.8, 4) is 0 Å². The number of ether oxygens (including phenoxy) is 1. The van der Waals surface area contributed by atoms with Crippen LogP contribution < -0.4 is 5.56 Å². The highest BCUT2D eigenvalue weighted by molar-refractivity contribution is 8.00. The first-order valence-electron chi connectivity index (χ1n) is 9.71. The minimum Gasteiger partial charge on any atom is -0.383 e. The summed E-state index contributed by atoms with van der Waals surface area (Å²) in [5.41, 5.74) is 0.557. The lowest BCUT2D eigenvalue weighted by atomic mass is 10.2. The molecule has 7 nitrogen and oxygen atoms in total. The van der Waals surface area contributed by atoms with Gasteiger partial charge in [0.05, 0.1) is 29.3 Å². The first kappa shape index (κ1) is 20.8. The maximum atomic E-state index is 12.9. The molecule has 0 bridgehead atoms. The molecule has 1 amide bonds. The third-order valence-electron chi connectivity index (χ3n) is 5.11. The molecule has 152 valence electrons. The maximum Gasteiger partial charge on any atom is 0.262 e. The largest absolute Gasteiger partial charge is 0.383 e. The molecule has 3 rings (SSSR count). The Balaban J connectivity index is 1.82. The average Bonchev–Trinajstić information content (AvgIpc) is 2.73. The van der Waals surface area contributed by atoms with Gasteiger partial charge in [0.1, 0.15) is 0 Å².